The van der Waals surface area contributed by atoms with Gasteiger partial charge in [0, 0.05) is 6.54 Å². The number of aromatic hydroxyl groups is 1. The Bertz CT molecular complexity index is 354. The van der Waals surface area contributed by atoms with Crippen LogP contribution in [0.2, 0.25) is 5.02 Å². The third kappa shape index (κ3) is 2.76. The van der Waals surface area contributed by atoms with Gasteiger partial charge in [0.05, 0.1) is 10.9 Å². The van der Waals surface area contributed by atoms with E-state index >= 15 is 0 Å². The SMILES string of the molecule is NCC(c1ccc(O)c(Cl)c1)C(F)(F)F. The van der Waals surface area contributed by atoms with Crippen molar-refractivity contribution in [2.45, 2.75) is 12.1 Å². The Morgan fingerprint density at radius 1 is 1.40 bits per heavy atom. The molecule has 0 radical (unpaired) electrons. The number of rotatable bonds is 2. The molecule has 0 saturated carbocycles. The van der Waals surface area contributed by atoms with Gasteiger partial charge in [-0.2, -0.15) is 13.2 Å². The Hall–Kier alpha value is -0.940. The molecule has 1 rings (SSSR count). The van der Waals surface area contributed by atoms with E-state index in [1.807, 2.05) is 0 Å². The second-order valence-corrected chi connectivity index (χ2v) is 3.45. The van der Waals surface area contributed by atoms with E-state index in [0.29, 0.717) is 0 Å². The van der Waals surface area contributed by atoms with Gasteiger partial charge in [0.25, 0.3) is 0 Å². The van der Waals surface area contributed by atoms with Crippen LogP contribution in [0.1, 0.15) is 11.5 Å². The summed E-state index contributed by atoms with van der Waals surface area (Å²) in [5, 5.41) is 8.94. The molecule has 0 aliphatic heterocycles. The fourth-order valence-electron chi connectivity index (χ4n) is 1.20. The van der Waals surface area contributed by atoms with Crippen molar-refractivity contribution in [3.63, 3.8) is 0 Å². The Morgan fingerprint density at radius 3 is 2.40 bits per heavy atom. The Kier molecular flexibility index (Phi) is 3.46. The molecule has 15 heavy (non-hydrogen) atoms. The van der Waals surface area contributed by atoms with Gasteiger partial charge >= 0.3 is 6.18 Å². The number of phenolic OH excluding ortho intramolecular Hbond substituents is 1. The lowest BCUT2D eigenvalue weighted by Crippen LogP contribution is -2.27. The highest BCUT2D eigenvalue weighted by Crippen LogP contribution is 2.36. The number of halogens is 4. The number of nitrogens with two attached hydrogens (primary N) is 1. The minimum atomic E-state index is -4.41. The monoisotopic (exact) mass is 239 g/mol. The van der Waals surface area contributed by atoms with Crippen molar-refractivity contribution in [2.75, 3.05) is 6.54 Å². The summed E-state index contributed by atoms with van der Waals surface area (Å²) in [5.41, 5.74) is 5.01. The second kappa shape index (κ2) is 4.28. The smallest absolute Gasteiger partial charge is 0.396 e. The average Bonchev–Trinajstić information content (AvgIpc) is 2.10. The molecule has 6 heteroatoms. The molecular formula is C9H9ClF3NO. The van der Waals surface area contributed by atoms with Gasteiger partial charge in [-0.05, 0) is 17.7 Å². The van der Waals surface area contributed by atoms with E-state index in [9.17, 15) is 13.2 Å². The quantitative estimate of drug-likeness (QED) is 0.834. The third-order valence-corrected chi connectivity index (χ3v) is 2.31. The fourth-order valence-corrected chi connectivity index (χ4v) is 1.39. The van der Waals surface area contributed by atoms with Crippen LogP contribution in [-0.2, 0) is 0 Å². The summed E-state index contributed by atoms with van der Waals surface area (Å²) in [6.45, 7) is -0.551. The molecule has 2 nitrogen and oxygen atoms in total. The Labute approximate surface area is 89.5 Å². The molecule has 0 spiro atoms. The van der Waals surface area contributed by atoms with Gasteiger partial charge < -0.3 is 10.8 Å². The van der Waals surface area contributed by atoms with Crippen molar-refractivity contribution in [2.24, 2.45) is 5.73 Å². The first kappa shape index (κ1) is 12.1. The molecule has 0 amide bonds. The summed E-state index contributed by atoms with van der Waals surface area (Å²) >= 11 is 5.51. The third-order valence-electron chi connectivity index (χ3n) is 2.00. The summed E-state index contributed by atoms with van der Waals surface area (Å²) in [7, 11) is 0. The molecule has 1 aromatic carbocycles. The highest BCUT2D eigenvalue weighted by atomic mass is 35.5. The van der Waals surface area contributed by atoms with Crippen molar-refractivity contribution in [1.29, 1.82) is 0 Å². The summed E-state index contributed by atoms with van der Waals surface area (Å²) < 4.78 is 37.4. The van der Waals surface area contributed by atoms with Crippen LogP contribution < -0.4 is 5.73 Å². The summed E-state index contributed by atoms with van der Waals surface area (Å²) in [4.78, 5) is 0. The molecule has 3 N–H and O–H groups in total. The van der Waals surface area contributed by atoms with E-state index in [-0.39, 0.29) is 16.3 Å². The van der Waals surface area contributed by atoms with Crippen LogP contribution in [0.3, 0.4) is 0 Å². The van der Waals surface area contributed by atoms with Gasteiger partial charge in [-0.3, -0.25) is 0 Å². The molecule has 1 atom stereocenters. The average molecular weight is 240 g/mol. The first-order valence-electron chi connectivity index (χ1n) is 4.11. The molecule has 0 aliphatic rings. The van der Waals surface area contributed by atoms with Crippen molar-refractivity contribution >= 4 is 11.6 Å². The van der Waals surface area contributed by atoms with E-state index < -0.39 is 18.6 Å². The molecule has 1 aromatic rings. The van der Waals surface area contributed by atoms with Gasteiger partial charge in [0.1, 0.15) is 5.75 Å². The first-order chi connectivity index (χ1) is 6.86. The summed E-state index contributed by atoms with van der Waals surface area (Å²) in [6, 6.07) is 3.35. The highest BCUT2D eigenvalue weighted by Gasteiger charge is 2.39. The standard InChI is InChI=1S/C9H9ClF3NO/c10-7-3-5(1-2-8(7)15)6(4-14)9(11,12)13/h1-3,6,15H,4,14H2. The van der Waals surface area contributed by atoms with Crippen molar-refractivity contribution < 1.29 is 18.3 Å². The van der Waals surface area contributed by atoms with E-state index in [0.717, 1.165) is 18.2 Å². The number of phenols is 1. The second-order valence-electron chi connectivity index (χ2n) is 3.04. The van der Waals surface area contributed by atoms with Crippen molar-refractivity contribution in [3.8, 4) is 5.75 Å². The zero-order chi connectivity index (χ0) is 11.6. The van der Waals surface area contributed by atoms with Crippen LogP contribution in [0.5, 0.6) is 5.75 Å². The van der Waals surface area contributed by atoms with Gasteiger partial charge in [0.2, 0.25) is 0 Å². The van der Waals surface area contributed by atoms with Gasteiger partial charge in [-0.1, -0.05) is 17.7 Å². The normalized spacial score (nSPS) is 13.9. The van der Waals surface area contributed by atoms with E-state index in [2.05, 4.69) is 0 Å². The van der Waals surface area contributed by atoms with E-state index in [1.165, 1.54) is 0 Å². The van der Waals surface area contributed by atoms with Crippen LogP contribution in [0.25, 0.3) is 0 Å². The molecule has 84 valence electrons. The van der Waals surface area contributed by atoms with Crippen LogP contribution in [0.15, 0.2) is 18.2 Å². The fraction of sp³-hybridized carbons (Fsp3) is 0.333. The molecule has 0 saturated heterocycles. The summed E-state index contributed by atoms with van der Waals surface area (Å²) in [5.74, 6) is -2.01. The maximum Gasteiger partial charge on any atom is 0.396 e. The summed E-state index contributed by atoms with van der Waals surface area (Å²) in [6.07, 6.45) is -4.41. The first-order valence-corrected chi connectivity index (χ1v) is 4.49. The predicted molar refractivity (Wildman–Crippen MR) is 51.0 cm³/mol. The largest absolute Gasteiger partial charge is 0.506 e. The highest BCUT2D eigenvalue weighted by molar-refractivity contribution is 6.32. The lowest BCUT2D eigenvalue weighted by atomic mass is 9.99. The molecule has 0 heterocycles. The number of hydrogen-bond acceptors (Lipinski definition) is 2. The zero-order valence-electron chi connectivity index (χ0n) is 7.55. The maximum atomic E-state index is 12.5. The van der Waals surface area contributed by atoms with E-state index in [1.54, 1.807) is 0 Å². The van der Waals surface area contributed by atoms with Crippen molar-refractivity contribution in [1.82, 2.24) is 0 Å². The van der Waals surface area contributed by atoms with Gasteiger partial charge in [-0.25, -0.2) is 0 Å². The molecule has 0 aromatic heterocycles. The van der Waals surface area contributed by atoms with Crippen LogP contribution in [-0.4, -0.2) is 17.8 Å². The van der Waals surface area contributed by atoms with Crippen LogP contribution in [0, 0.1) is 0 Å². The number of hydrogen-bond donors (Lipinski definition) is 2. The van der Waals surface area contributed by atoms with Gasteiger partial charge in [-0.15, -0.1) is 0 Å². The minimum Gasteiger partial charge on any atom is -0.506 e. The topological polar surface area (TPSA) is 46.2 Å². The minimum absolute atomic E-state index is 0.0483. The number of benzene rings is 1. The lowest BCUT2D eigenvalue weighted by molar-refractivity contribution is -0.148. The Morgan fingerprint density at radius 2 is 2.00 bits per heavy atom. The molecule has 0 aliphatic carbocycles. The van der Waals surface area contributed by atoms with E-state index in [4.69, 9.17) is 22.4 Å². The van der Waals surface area contributed by atoms with Gasteiger partial charge in [0.15, 0.2) is 0 Å². The van der Waals surface area contributed by atoms with Crippen LogP contribution >= 0.6 is 11.6 Å². The van der Waals surface area contributed by atoms with Crippen LogP contribution in [0.4, 0.5) is 13.2 Å². The lowest BCUT2D eigenvalue weighted by Gasteiger charge is -2.19. The molecule has 1 unspecified atom stereocenters. The molecular weight excluding hydrogens is 231 g/mol. The predicted octanol–water partition coefficient (Wildman–Crippen LogP) is 2.65. The Balaban J connectivity index is 3.08. The maximum absolute atomic E-state index is 12.5. The van der Waals surface area contributed by atoms with Crippen molar-refractivity contribution in [3.05, 3.63) is 28.8 Å². The molecule has 0 bridgehead atoms. The number of alkyl halides is 3. The zero-order valence-corrected chi connectivity index (χ0v) is 8.31. The molecule has 0 fully saturated rings.